The Hall–Kier alpha value is -7.47. The van der Waals surface area contributed by atoms with Crippen LogP contribution in [0.5, 0.6) is 0 Å². The number of morpholine rings is 2. The van der Waals surface area contributed by atoms with Gasteiger partial charge < -0.3 is 36.1 Å². The summed E-state index contributed by atoms with van der Waals surface area (Å²) in [4.78, 5) is 31.9. The summed E-state index contributed by atoms with van der Waals surface area (Å²) in [6.45, 7) is 19.9. The quantitative estimate of drug-likeness (QED) is 0.0250. The van der Waals surface area contributed by atoms with E-state index in [-0.39, 0.29) is 78.3 Å². The van der Waals surface area contributed by atoms with E-state index in [4.69, 9.17) is 50.0 Å². The number of ketones is 1. The Bertz CT molecular complexity index is 3500. The number of ether oxygens (including phenoxy) is 2. The number of carbonyl (C=O) groups excluding carboxylic acids is 3. The monoisotopic (exact) mass is 1380 g/mol. The topological polar surface area (TPSA) is 260 Å². The van der Waals surface area contributed by atoms with Gasteiger partial charge in [-0.05, 0) is 88.2 Å². The Morgan fingerprint density at radius 3 is 1.30 bits per heavy atom. The summed E-state index contributed by atoms with van der Waals surface area (Å²) < 4.78 is 19.2. The summed E-state index contributed by atoms with van der Waals surface area (Å²) in [5.41, 5.74) is 14.8. The van der Waals surface area contributed by atoms with E-state index in [0.717, 1.165) is 53.7 Å². The molecule has 5 aromatic heterocycles. The number of Topliss-reactive ketones (excluding diaryl/α,β-unsaturated/α-hetero) is 1. The number of nitrogens with zero attached hydrogens (tertiary/aromatic N) is 9. The average molecular weight is 1380 g/mol. The van der Waals surface area contributed by atoms with Crippen LogP contribution in [0.4, 0.5) is 0 Å². The lowest BCUT2D eigenvalue weighted by molar-refractivity contribution is -0.120. The number of rotatable bonds is 19. The number of aromatic amines is 1. The number of hydrogen-bond donors (Lipinski definition) is 6. The number of nitrogens with two attached hydrogens (primary N) is 1. The van der Waals surface area contributed by atoms with E-state index in [1.807, 2.05) is 140 Å². The number of alkyl halides is 2. The van der Waals surface area contributed by atoms with Crippen LogP contribution in [0.2, 0.25) is 0 Å². The Morgan fingerprint density at radius 1 is 0.562 bits per heavy atom. The van der Waals surface area contributed by atoms with Crippen LogP contribution in [0.3, 0.4) is 0 Å². The molecule has 524 valence electrons. The predicted octanol–water partition coefficient (Wildman–Crippen LogP) is 13.4. The number of carbonyl (C=O) groups is 3. The van der Waals surface area contributed by atoms with Gasteiger partial charge in [0.05, 0.1) is 92.5 Å². The summed E-state index contributed by atoms with van der Waals surface area (Å²) >= 11 is 15.7. The summed E-state index contributed by atoms with van der Waals surface area (Å²) in [5.74, 6) is -0.243. The molecule has 7 N–H and O–H groups in total. The van der Waals surface area contributed by atoms with Crippen molar-refractivity contribution >= 4 is 52.1 Å². The van der Waals surface area contributed by atoms with Crippen molar-refractivity contribution in [3.05, 3.63) is 233 Å². The highest BCUT2D eigenvalue weighted by Gasteiger charge is 2.29. The van der Waals surface area contributed by atoms with Gasteiger partial charge in [0, 0.05) is 90.9 Å². The maximum Gasteiger partial charge on any atom is 0.239 e. The summed E-state index contributed by atoms with van der Waals surface area (Å²) in [6, 6.07) is 40.8. The molecular weight excluding hydrogens is 1280 g/mol. The van der Waals surface area contributed by atoms with Crippen LogP contribution in [0.1, 0.15) is 171 Å². The van der Waals surface area contributed by atoms with Gasteiger partial charge in [0.1, 0.15) is 17.6 Å². The molecule has 9 aromatic rings. The number of aliphatic hydroxyl groups is 2. The van der Waals surface area contributed by atoms with Gasteiger partial charge in [-0.15, -0.1) is 23.2 Å². The van der Waals surface area contributed by atoms with Gasteiger partial charge in [0.25, 0.3) is 0 Å². The molecule has 12 unspecified atom stereocenters. The average Bonchev–Trinajstić information content (AvgIpc) is 1.64. The van der Waals surface area contributed by atoms with Crippen LogP contribution in [-0.4, -0.2) is 131 Å². The second-order valence-electron chi connectivity index (χ2n) is 23.0. The highest BCUT2D eigenvalue weighted by Crippen LogP contribution is 2.28. The largest absolute Gasteiger partial charge is 0.388 e. The molecule has 2 saturated heterocycles. The van der Waals surface area contributed by atoms with Crippen LogP contribution >= 0.6 is 34.8 Å². The van der Waals surface area contributed by atoms with Gasteiger partial charge in [0.15, 0.2) is 12.1 Å². The van der Waals surface area contributed by atoms with Crippen molar-refractivity contribution < 1.29 is 34.1 Å². The lowest BCUT2D eigenvalue weighted by atomic mass is 9.94. The lowest BCUT2D eigenvalue weighted by Crippen LogP contribution is -2.45. The van der Waals surface area contributed by atoms with Crippen LogP contribution < -0.4 is 16.4 Å². The van der Waals surface area contributed by atoms with Gasteiger partial charge in [-0.25, -0.2) is 0 Å². The van der Waals surface area contributed by atoms with Gasteiger partial charge in [-0.3, -0.25) is 38.2 Å². The summed E-state index contributed by atoms with van der Waals surface area (Å²) in [5, 5.41) is 49.2. The smallest absolute Gasteiger partial charge is 0.239 e. The standard InChI is InChI=1S/C17H21ClN2O2.C16H21N3O.C13H17N3O.C11H10N2O.C9H15N3O.C3H4Cl2O.4CH4/c1-12(8-16(21)13(2)18)17(22)15-9-19-20(11-15)10-14-6-4-3-5-7-14;1-12-8-17-13(2)16(20-12)15-9-18-19(11-15)10-14-6-4-3-5-7-14;1-10(14)13(17)12-7-15-16(9-12)8-11-5-3-2-4-6-11;14-9-11-6-12-13(8-11)7-10-4-2-1-3-5-10;1-6-3-10-7(2)9(13-6)8-4-11-12-5-8;1-2(4)3(5)6;;;;/h3-7,9,11-13,17,22H,8,10H2,1-2H3;3-7,9,11-13,16-17H,8,10H2,1-2H3;2-7,9-10,13,17H,8,14H2,1H3;1-6,8-9H,7H2;4-7,9-10H,3H2,1-2H3,(H,11,12);2H,1H3;4*1H4. The van der Waals surface area contributed by atoms with Crippen molar-refractivity contribution in [2.75, 3.05) is 13.1 Å². The van der Waals surface area contributed by atoms with E-state index < -0.39 is 28.2 Å². The molecule has 2 aliphatic rings. The summed E-state index contributed by atoms with van der Waals surface area (Å²) in [6.07, 6.45) is 18.4. The first-order chi connectivity index (χ1) is 44.1. The molecule has 23 heteroatoms. The molecule has 0 saturated carbocycles. The van der Waals surface area contributed by atoms with Gasteiger partial charge in [-0.1, -0.05) is 158 Å². The van der Waals surface area contributed by atoms with Crippen molar-refractivity contribution in [1.29, 1.82) is 0 Å². The molecule has 11 rings (SSSR count). The molecule has 0 bridgehead atoms. The maximum atomic E-state index is 11.7. The Morgan fingerprint density at radius 2 is 0.938 bits per heavy atom. The van der Waals surface area contributed by atoms with E-state index in [1.54, 1.807) is 52.7 Å². The highest BCUT2D eigenvalue weighted by atomic mass is 35.5. The third-order valence-electron chi connectivity index (χ3n) is 14.8. The molecule has 0 spiro atoms. The highest BCUT2D eigenvalue weighted by molar-refractivity contribution is 6.69. The van der Waals surface area contributed by atoms with Crippen molar-refractivity contribution in [1.82, 2.24) is 60.0 Å². The van der Waals surface area contributed by atoms with Crippen LogP contribution in [0, 0.1) is 5.92 Å². The molecule has 96 heavy (non-hydrogen) atoms. The van der Waals surface area contributed by atoms with Crippen molar-refractivity contribution in [3.63, 3.8) is 0 Å². The zero-order valence-electron chi connectivity index (χ0n) is 53.4. The van der Waals surface area contributed by atoms with Crippen molar-refractivity contribution in [2.45, 2.75) is 183 Å². The van der Waals surface area contributed by atoms with Gasteiger partial charge in [-0.2, -0.15) is 25.5 Å². The third kappa shape index (κ3) is 29.1. The van der Waals surface area contributed by atoms with Crippen molar-refractivity contribution in [2.24, 2.45) is 11.7 Å². The fraction of sp³-hybridized carbons (Fsp3) is 0.425. The molecule has 4 aromatic carbocycles. The minimum Gasteiger partial charge on any atom is -0.388 e. The Balaban J connectivity index is 0.000000399. The number of aliphatic hydroxyl groups excluding tert-OH is 2. The number of aromatic nitrogens is 10. The second kappa shape index (κ2) is 44.4. The fourth-order valence-corrected chi connectivity index (χ4v) is 9.67. The molecule has 20 nitrogen and oxygen atoms in total. The second-order valence-corrected chi connectivity index (χ2v) is 24.7. The number of halogens is 3. The molecule has 12 atom stereocenters. The number of hydrogen-bond acceptors (Lipinski definition) is 15. The van der Waals surface area contributed by atoms with Gasteiger partial charge >= 0.3 is 0 Å². The fourth-order valence-electron chi connectivity index (χ4n) is 9.58. The summed E-state index contributed by atoms with van der Waals surface area (Å²) in [7, 11) is 0. The van der Waals surface area contributed by atoms with Crippen LogP contribution in [0.15, 0.2) is 183 Å². The Kier molecular flexibility index (Phi) is 39.1. The first-order valence-corrected chi connectivity index (χ1v) is 32.0. The Labute approximate surface area is 584 Å². The first kappa shape index (κ1) is 84.6. The van der Waals surface area contributed by atoms with Crippen LogP contribution in [0.25, 0.3) is 0 Å². The number of nitrogens with one attached hydrogen (secondary N) is 3. The van der Waals surface area contributed by atoms with E-state index in [2.05, 4.69) is 99.4 Å². The van der Waals surface area contributed by atoms with Crippen molar-refractivity contribution in [3.8, 4) is 0 Å². The zero-order valence-corrected chi connectivity index (χ0v) is 55.7. The predicted molar refractivity (Wildman–Crippen MR) is 387 cm³/mol. The third-order valence-corrected chi connectivity index (χ3v) is 15.7. The van der Waals surface area contributed by atoms with E-state index in [0.29, 0.717) is 37.3 Å². The number of H-pyrrole nitrogens is 1. The minimum absolute atomic E-state index is 0. The first-order valence-electron chi connectivity index (χ1n) is 30.7. The maximum absolute atomic E-state index is 11.7. The molecule has 0 aliphatic carbocycles. The van der Waals surface area contributed by atoms with E-state index in [1.165, 1.54) is 23.6 Å². The molecule has 2 fully saturated rings. The molecular formula is C73H104Cl3N13O7. The van der Waals surface area contributed by atoms with Gasteiger partial charge in [0.2, 0.25) is 5.24 Å². The van der Waals surface area contributed by atoms with E-state index in [9.17, 15) is 24.6 Å². The minimum atomic E-state index is -0.719. The molecule has 0 radical (unpaired) electrons. The number of aldehydes is 1. The van der Waals surface area contributed by atoms with E-state index >= 15 is 0 Å². The van der Waals surface area contributed by atoms with Crippen LogP contribution in [-0.2, 0) is 45.2 Å². The lowest BCUT2D eigenvalue weighted by Gasteiger charge is -2.33. The molecule has 0 amide bonds. The number of benzene rings is 4. The SMILES string of the molecule is C.C.C.C.CC(Cl)C(=O)CC(C)C(O)c1cnn(Cc2ccccc2)c1.CC(Cl)C(=O)Cl.CC(N)C(O)c1cnn(Cc2ccccc2)c1.CC1CNC(C)C(c2cn[nH]c2)O1.CC1CNC(C)C(c2cnn(Cc3ccccc3)c2)O1.O=Cc1cnn(Cc2ccccc2)c1. The normalized spacial score (nSPS) is 18.6. The molecule has 2 aliphatic heterocycles. The molecule has 7 heterocycles. The zero-order chi connectivity index (χ0) is 66.5.